The van der Waals surface area contributed by atoms with E-state index < -0.39 is 0 Å². The van der Waals surface area contributed by atoms with Crippen LogP contribution in [0, 0.1) is 0 Å². The van der Waals surface area contributed by atoms with Crippen LogP contribution in [0.15, 0.2) is 23.0 Å². The molecule has 0 bridgehead atoms. The Morgan fingerprint density at radius 2 is 2.00 bits per heavy atom. The van der Waals surface area contributed by atoms with Crippen LogP contribution < -0.4 is 5.32 Å². The summed E-state index contributed by atoms with van der Waals surface area (Å²) in [7, 11) is 0. The highest BCUT2D eigenvalue weighted by Crippen LogP contribution is 2.15. The number of rotatable bonds is 0. The van der Waals surface area contributed by atoms with Crippen molar-refractivity contribution in [1.82, 2.24) is 5.32 Å². The second kappa shape index (κ2) is 2.26. The van der Waals surface area contributed by atoms with Gasteiger partial charge in [0.05, 0.1) is 0 Å². The molecular weight excluding hydrogens is 110 g/mol. The number of hydrogen-bond acceptors (Lipinski definition) is 1. The van der Waals surface area contributed by atoms with E-state index in [1.807, 2.05) is 0 Å². The molecule has 0 aromatic rings. The van der Waals surface area contributed by atoms with E-state index in [1.54, 1.807) is 0 Å². The summed E-state index contributed by atoms with van der Waals surface area (Å²) < 4.78 is 0. The Labute approximate surface area is 56.5 Å². The molecule has 0 saturated carbocycles. The maximum atomic E-state index is 3.20. The van der Waals surface area contributed by atoms with E-state index in [-0.39, 0.29) is 0 Å². The maximum Gasteiger partial charge on any atom is 0.0107 e. The van der Waals surface area contributed by atoms with Gasteiger partial charge in [0.2, 0.25) is 0 Å². The molecule has 1 heteroatoms. The molecule has 1 heterocycles. The van der Waals surface area contributed by atoms with Crippen molar-refractivity contribution in [3.63, 3.8) is 0 Å². The second-order valence-electron chi connectivity index (χ2n) is 2.72. The van der Waals surface area contributed by atoms with Gasteiger partial charge in [0, 0.05) is 5.70 Å². The van der Waals surface area contributed by atoms with E-state index in [1.165, 1.54) is 16.8 Å². The molecule has 1 aliphatic heterocycles. The number of allylic oxidation sites excluding steroid dienone is 3. The van der Waals surface area contributed by atoms with E-state index in [9.17, 15) is 0 Å². The molecule has 50 valence electrons. The smallest absolute Gasteiger partial charge is 0.0107 e. The number of dihydropyridines is 1. The first-order chi connectivity index (χ1) is 4.20. The van der Waals surface area contributed by atoms with Gasteiger partial charge in [0.15, 0.2) is 0 Å². The fraction of sp³-hybridized carbons (Fsp3) is 0.500. The van der Waals surface area contributed by atoms with Crippen LogP contribution in [0.1, 0.15) is 27.2 Å². The molecule has 0 spiro atoms. The molecule has 0 amide bonds. The zero-order chi connectivity index (χ0) is 6.85. The summed E-state index contributed by atoms with van der Waals surface area (Å²) in [6.07, 6.45) is 3.21. The van der Waals surface area contributed by atoms with Crippen LogP contribution in [-0.2, 0) is 0 Å². The average molecular weight is 123 g/mol. The normalized spacial score (nSPS) is 19.2. The van der Waals surface area contributed by atoms with Crippen molar-refractivity contribution in [1.29, 1.82) is 0 Å². The van der Waals surface area contributed by atoms with Gasteiger partial charge in [-0.1, -0.05) is 11.1 Å². The lowest BCUT2D eigenvalue weighted by atomic mass is 10.1. The third-order valence-electron chi connectivity index (χ3n) is 1.72. The van der Waals surface area contributed by atoms with Crippen molar-refractivity contribution in [3.05, 3.63) is 23.0 Å². The third-order valence-corrected chi connectivity index (χ3v) is 1.72. The van der Waals surface area contributed by atoms with Gasteiger partial charge in [-0.3, -0.25) is 0 Å². The van der Waals surface area contributed by atoms with E-state index in [0.717, 1.165) is 6.42 Å². The topological polar surface area (TPSA) is 12.0 Å². The number of hydrogen-bond donors (Lipinski definition) is 1. The summed E-state index contributed by atoms with van der Waals surface area (Å²) in [4.78, 5) is 0. The van der Waals surface area contributed by atoms with Gasteiger partial charge >= 0.3 is 0 Å². The molecule has 0 fully saturated rings. The van der Waals surface area contributed by atoms with E-state index in [4.69, 9.17) is 0 Å². The molecule has 1 nitrogen and oxygen atoms in total. The first-order valence-electron chi connectivity index (χ1n) is 3.28. The van der Waals surface area contributed by atoms with Crippen LogP contribution in [0.2, 0.25) is 0 Å². The van der Waals surface area contributed by atoms with Crippen molar-refractivity contribution >= 4 is 0 Å². The van der Waals surface area contributed by atoms with E-state index >= 15 is 0 Å². The summed E-state index contributed by atoms with van der Waals surface area (Å²) in [6.45, 7) is 6.42. The first-order valence-corrected chi connectivity index (χ1v) is 3.28. The predicted molar refractivity (Wildman–Crippen MR) is 39.9 cm³/mol. The third kappa shape index (κ3) is 1.35. The molecule has 0 radical (unpaired) electrons. The van der Waals surface area contributed by atoms with Crippen LogP contribution >= 0.6 is 0 Å². The lowest BCUT2D eigenvalue weighted by Crippen LogP contribution is -2.09. The molecule has 0 unspecified atom stereocenters. The average Bonchev–Trinajstić information content (AvgIpc) is 1.80. The van der Waals surface area contributed by atoms with Crippen LogP contribution in [0.5, 0.6) is 0 Å². The Bertz CT molecular complexity index is 175. The summed E-state index contributed by atoms with van der Waals surface area (Å²) in [5.74, 6) is 0. The quantitative estimate of drug-likeness (QED) is 0.520. The minimum absolute atomic E-state index is 1.14. The fourth-order valence-corrected chi connectivity index (χ4v) is 0.957. The molecule has 0 aromatic carbocycles. The van der Waals surface area contributed by atoms with Crippen molar-refractivity contribution in [2.75, 3.05) is 0 Å². The minimum Gasteiger partial charge on any atom is -0.365 e. The highest BCUT2D eigenvalue weighted by atomic mass is 14.9. The summed E-state index contributed by atoms with van der Waals surface area (Å²) in [5.41, 5.74) is 4.17. The summed E-state index contributed by atoms with van der Waals surface area (Å²) >= 11 is 0. The van der Waals surface area contributed by atoms with E-state index in [0.29, 0.717) is 0 Å². The molecular formula is C8H13N. The lowest BCUT2D eigenvalue weighted by molar-refractivity contribution is 0.903. The molecule has 0 aliphatic carbocycles. The molecule has 0 saturated heterocycles. The monoisotopic (exact) mass is 123 g/mol. The van der Waals surface area contributed by atoms with Crippen LogP contribution in [0.3, 0.4) is 0 Å². The molecule has 9 heavy (non-hydrogen) atoms. The van der Waals surface area contributed by atoms with Crippen molar-refractivity contribution < 1.29 is 0 Å². The zero-order valence-electron chi connectivity index (χ0n) is 6.28. The Morgan fingerprint density at radius 1 is 1.33 bits per heavy atom. The Morgan fingerprint density at radius 3 is 2.44 bits per heavy atom. The minimum atomic E-state index is 1.14. The number of nitrogens with one attached hydrogen (secondary N) is 1. The van der Waals surface area contributed by atoms with Crippen LogP contribution in [-0.4, -0.2) is 0 Å². The second-order valence-corrected chi connectivity index (χ2v) is 2.72. The van der Waals surface area contributed by atoms with Crippen LogP contribution in [0.4, 0.5) is 0 Å². The fourth-order valence-electron chi connectivity index (χ4n) is 0.957. The van der Waals surface area contributed by atoms with Gasteiger partial charge in [-0.15, -0.1) is 0 Å². The first kappa shape index (κ1) is 6.40. The van der Waals surface area contributed by atoms with Crippen molar-refractivity contribution in [3.8, 4) is 0 Å². The molecule has 1 aliphatic rings. The highest BCUT2D eigenvalue weighted by molar-refractivity contribution is 5.22. The van der Waals surface area contributed by atoms with E-state index in [2.05, 4.69) is 32.3 Å². The predicted octanol–water partition coefficient (Wildman–Crippen LogP) is 2.18. The molecule has 1 N–H and O–H groups in total. The van der Waals surface area contributed by atoms with Gasteiger partial charge in [-0.2, -0.15) is 0 Å². The van der Waals surface area contributed by atoms with Crippen molar-refractivity contribution in [2.24, 2.45) is 0 Å². The Kier molecular flexibility index (Phi) is 1.60. The Balaban J connectivity index is 2.70. The van der Waals surface area contributed by atoms with Gasteiger partial charge in [0.25, 0.3) is 0 Å². The van der Waals surface area contributed by atoms with Gasteiger partial charge in [0.1, 0.15) is 0 Å². The van der Waals surface area contributed by atoms with Gasteiger partial charge < -0.3 is 5.32 Å². The van der Waals surface area contributed by atoms with Crippen molar-refractivity contribution in [2.45, 2.75) is 27.2 Å². The SMILES string of the molecule is CC1=CNC(C)=C(C)C1. The largest absolute Gasteiger partial charge is 0.365 e. The summed E-state index contributed by atoms with van der Waals surface area (Å²) in [6, 6.07) is 0. The van der Waals surface area contributed by atoms with Crippen LogP contribution in [0.25, 0.3) is 0 Å². The summed E-state index contributed by atoms with van der Waals surface area (Å²) in [5, 5.41) is 3.20. The molecule has 0 atom stereocenters. The van der Waals surface area contributed by atoms with Gasteiger partial charge in [-0.25, -0.2) is 0 Å². The Hall–Kier alpha value is -0.720. The van der Waals surface area contributed by atoms with Gasteiger partial charge in [-0.05, 0) is 33.4 Å². The zero-order valence-corrected chi connectivity index (χ0v) is 6.28. The molecule has 1 rings (SSSR count). The maximum absolute atomic E-state index is 3.20. The molecule has 0 aromatic heterocycles. The highest BCUT2D eigenvalue weighted by Gasteiger charge is 2.01. The lowest BCUT2D eigenvalue weighted by Gasteiger charge is -2.14. The standard InChI is InChI=1S/C8H13N/c1-6-4-7(2)8(3)9-5-6/h5,9H,4H2,1-3H3.